The summed E-state index contributed by atoms with van der Waals surface area (Å²) < 4.78 is 0. The number of carbonyl (C=O) groups is 1. The molecule has 0 bridgehead atoms. The van der Waals surface area contributed by atoms with Crippen molar-refractivity contribution in [3.63, 3.8) is 0 Å². The van der Waals surface area contributed by atoms with Gasteiger partial charge >= 0.3 is 0 Å². The summed E-state index contributed by atoms with van der Waals surface area (Å²) in [5.74, 6) is 3.54. The normalized spacial score (nSPS) is 52.7. The fraction of sp³-hybridized carbons (Fsp3) is 0.842. The van der Waals surface area contributed by atoms with E-state index in [1.165, 1.54) is 31.3 Å². The molecule has 0 saturated heterocycles. The van der Waals surface area contributed by atoms with E-state index in [2.05, 4.69) is 13.8 Å². The lowest BCUT2D eigenvalue weighted by Crippen LogP contribution is -2.48. The van der Waals surface area contributed by atoms with Crippen molar-refractivity contribution in [2.24, 2.45) is 35.0 Å². The summed E-state index contributed by atoms with van der Waals surface area (Å²) in [4.78, 5) is 12.0. The van der Waals surface area contributed by atoms with Crippen molar-refractivity contribution in [1.29, 1.82) is 0 Å². The summed E-state index contributed by atoms with van der Waals surface area (Å²) in [7, 11) is 0. The molecule has 3 fully saturated rings. The Kier molecular flexibility index (Phi) is 3.12. The van der Waals surface area contributed by atoms with E-state index >= 15 is 0 Å². The number of hydrogen-bond acceptors (Lipinski definition) is 2. The molecule has 2 heteroatoms. The third-order valence-electron chi connectivity index (χ3n) is 7.62. The predicted molar refractivity (Wildman–Crippen MR) is 82.6 cm³/mol. The molecule has 0 amide bonds. The van der Waals surface area contributed by atoms with Gasteiger partial charge in [0.05, 0.1) is 6.10 Å². The molecule has 3 saturated carbocycles. The molecule has 1 unspecified atom stereocenters. The number of ketones is 1. The minimum absolute atomic E-state index is 0.0766. The summed E-state index contributed by atoms with van der Waals surface area (Å²) >= 11 is 0. The van der Waals surface area contributed by atoms with Gasteiger partial charge in [0.25, 0.3) is 0 Å². The highest BCUT2D eigenvalue weighted by Crippen LogP contribution is 2.61. The Labute approximate surface area is 128 Å². The van der Waals surface area contributed by atoms with E-state index in [1.54, 1.807) is 0 Å². The summed E-state index contributed by atoms with van der Waals surface area (Å²) in [6.07, 6.45) is 10.1. The van der Waals surface area contributed by atoms with Crippen LogP contribution in [0.2, 0.25) is 0 Å². The minimum atomic E-state index is -0.0766. The van der Waals surface area contributed by atoms with Gasteiger partial charge in [-0.05, 0) is 80.1 Å². The summed E-state index contributed by atoms with van der Waals surface area (Å²) in [6, 6.07) is 0. The molecule has 0 aromatic heterocycles. The number of aliphatic hydroxyl groups excluding tert-OH is 1. The molecule has 4 aliphatic carbocycles. The molecule has 21 heavy (non-hydrogen) atoms. The van der Waals surface area contributed by atoms with Crippen LogP contribution in [0.4, 0.5) is 0 Å². The Hall–Kier alpha value is -0.630. The molecular formula is C19H28O2. The lowest BCUT2D eigenvalue weighted by molar-refractivity contribution is -0.119. The highest BCUT2D eigenvalue weighted by Gasteiger charge is 2.56. The minimum Gasteiger partial charge on any atom is -0.393 e. The Balaban J connectivity index is 1.63. The molecule has 1 N–H and O–H groups in total. The Morgan fingerprint density at radius 1 is 1.19 bits per heavy atom. The summed E-state index contributed by atoms with van der Waals surface area (Å²) in [6.45, 7) is 4.44. The van der Waals surface area contributed by atoms with Crippen LogP contribution in [0, 0.1) is 35.0 Å². The third-order valence-corrected chi connectivity index (χ3v) is 7.62. The van der Waals surface area contributed by atoms with Crippen molar-refractivity contribution in [1.82, 2.24) is 0 Å². The molecule has 0 aromatic rings. The van der Waals surface area contributed by atoms with E-state index in [0.29, 0.717) is 11.7 Å². The van der Waals surface area contributed by atoms with Crippen molar-refractivity contribution < 1.29 is 9.90 Å². The molecule has 2 nitrogen and oxygen atoms in total. The molecular weight excluding hydrogens is 260 g/mol. The van der Waals surface area contributed by atoms with Crippen molar-refractivity contribution in [3.05, 3.63) is 11.6 Å². The molecule has 0 aliphatic heterocycles. The first-order valence-electron chi connectivity index (χ1n) is 8.93. The quantitative estimate of drug-likeness (QED) is 0.737. The average Bonchev–Trinajstić information content (AvgIpc) is 2.76. The van der Waals surface area contributed by atoms with E-state index in [0.717, 1.165) is 37.0 Å². The van der Waals surface area contributed by atoms with Crippen LogP contribution in [0.3, 0.4) is 0 Å². The van der Waals surface area contributed by atoms with E-state index in [4.69, 9.17) is 0 Å². The lowest BCUT2D eigenvalue weighted by atomic mass is 9.51. The number of fused-ring (bicyclic) bond motifs is 5. The number of aliphatic hydroxyl groups is 1. The van der Waals surface area contributed by atoms with E-state index in [9.17, 15) is 9.90 Å². The average molecular weight is 288 g/mol. The molecule has 0 spiro atoms. The summed E-state index contributed by atoms with van der Waals surface area (Å²) in [5, 5.41) is 10.4. The van der Waals surface area contributed by atoms with Crippen molar-refractivity contribution >= 4 is 5.78 Å². The van der Waals surface area contributed by atoms with Crippen LogP contribution in [0.5, 0.6) is 0 Å². The second kappa shape index (κ2) is 4.68. The van der Waals surface area contributed by atoms with Gasteiger partial charge in [-0.25, -0.2) is 0 Å². The van der Waals surface area contributed by atoms with Crippen LogP contribution in [-0.2, 0) is 4.79 Å². The maximum Gasteiger partial charge on any atom is 0.158 e. The zero-order valence-electron chi connectivity index (χ0n) is 13.3. The molecule has 0 radical (unpaired) electrons. The molecule has 116 valence electrons. The molecule has 0 heterocycles. The highest BCUT2D eigenvalue weighted by atomic mass is 16.3. The van der Waals surface area contributed by atoms with Gasteiger partial charge in [-0.15, -0.1) is 0 Å². The van der Waals surface area contributed by atoms with Gasteiger partial charge < -0.3 is 5.11 Å². The van der Waals surface area contributed by atoms with Gasteiger partial charge in [-0.3, -0.25) is 4.79 Å². The van der Waals surface area contributed by atoms with Crippen LogP contribution in [-0.4, -0.2) is 17.0 Å². The topological polar surface area (TPSA) is 37.3 Å². The number of carbonyl (C=O) groups excluding carboxylic acids is 1. The van der Waals surface area contributed by atoms with E-state index < -0.39 is 0 Å². The zero-order chi connectivity index (χ0) is 14.8. The smallest absolute Gasteiger partial charge is 0.158 e. The largest absolute Gasteiger partial charge is 0.393 e. The molecule has 0 aromatic carbocycles. The maximum atomic E-state index is 12.0. The number of hydrogen-bond donors (Lipinski definition) is 1. The van der Waals surface area contributed by atoms with Gasteiger partial charge in [-0.2, -0.15) is 0 Å². The standard InChI is InChI=1S/C19H28O2/c1-11-9-15-12(10-17(11)20)3-4-14-13(15)7-8-19(2)16(14)5-6-18(19)21/h10-11,13-16,18,21H,3-9H2,1-2H3/t11-,13?,14+,15-,16-,18-,19-/m0/s1. The predicted octanol–water partition coefficient (Wildman–Crippen LogP) is 3.74. The Morgan fingerprint density at radius 3 is 2.81 bits per heavy atom. The van der Waals surface area contributed by atoms with Crippen LogP contribution >= 0.6 is 0 Å². The fourth-order valence-electron chi connectivity index (χ4n) is 6.33. The SMILES string of the molecule is C[C@H]1C[C@H]2C(=CC1=O)CC[C@@H]1C2CC[C@]2(C)[C@@H](O)CC[C@@H]12. The van der Waals surface area contributed by atoms with Gasteiger partial charge in [0.2, 0.25) is 0 Å². The van der Waals surface area contributed by atoms with Gasteiger partial charge in [0.1, 0.15) is 0 Å². The highest BCUT2D eigenvalue weighted by molar-refractivity contribution is 5.93. The molecule has 4 aliphatic rings. The van der Waals surface area contributed by atoms with Gasteiger partial charge in [-0.1, -0.05) is 19.4 Å². The second-order valence-electron chi connectivity index (χ2n) is 8.48. The first-order valence-corrected chi connectivity index (χ1v) is 8.93. The van der Waals surface area contributed by atoms with Gasteiger partial charge in [0.15, 0.2) is 5.78 Å². The third kappa shape index (κ3) is 1.91. The molecule has 4 rings (SSSR count). The maximum absolute atomic E-state index is 12.0. The number of allylic oxidation sites excluding steroid dienone is 1. The Bertz CT molecular complexity index is 494. The van der Waals surface area contributed by atoms with Crippen LogP contribution in [0.15, 0.2) is 11.6 Å². The van der Waals surface area contributed by atoms with Crippen LogP contribution < -0.4 is 0 Å². The monoisotopic (exact) mass is 288 g/mol. The first kappa shape index (κ1) is 14.0. The fourth-order valence-corrected chi connectivity index (χ4v) is 6.33. The van der Waals surface area contributed by atoms with Crippen LogP contribution in [0.1, 0.15) is 58.8 Å². The van der Waals surface area contributed by atoms with Crippen molar-refractivity contribution in [3.8, 4) is 0 Å². The van der Waals surface area contributed by atoms with Gasteiger partial charge in [0, 0.05) is 5.92 Å². The van der Waals surface area contributed by atoms with E-state index in [-0.39, 0.29) is 17.4 Å². The molecule has 7 atom stereocenters. The lowest BCUT2D eigenvalue weighted by Gasteiger charge is -2.53. The Morgan fingerprint density at radius 2 is 2.00 bits per heavy atom. The van der Waals surface area contributed by atoms with E-state index in [1.807, 2.05) is 6.08 Å². The number of rotatable bonds is 0. The second-order valence-corrected chi connectivity index (χ2v) is 8.48. The zero-order valence-corrected chi connectivity index (χ0v) is 13.3. The van der Waals surface area contributed by atoms with Crippen molar-refractivity contribution in [2.45, 2.75) is 64.9 Å². The van der Waals surface area contributed by atoms with Crippen molar-refractivity contribution in [2.75, 3.05) is 0 Å². The first-order chi connectivity index (χ1) is 10.0. The summed E-state index contributed by atoms with van der Waals surface area (Å²) in [5.41, 5.74) is 1.64. The van der Waals surface area contributed by atoms with Crippen LogP contribution in [0.25, 0.3) is 0 Å².